The largest absolute Gasteiger partial charge is 0.465 e. The first kappa shape index (κ1) is 17.3. The van der Waals surface area contributed by atoms with Crippen molar-refractivity contribution in [2.75, 3.05) is 6.61 Å². The molecule has 4 aliphatic rings. The van der Waals surface area contributed by atoms with Crippen LogP contribution in [0.25, 0.3) is 0 Å². The summed E-state index contributed by atoms with van der Waals surface area (Å²) in [5, 5.41) is 10.6. The summed E-state index contributed by atoms with van der Waals surface area (Å²) >= 11 is 0. The van der Waals surface area contributed by atoms with E-state index in [0.29, 0.717) is 43.0 Å². The molecule has 0 heterocycles. The maximum absolute atomic E-state index is 12.1. The molecule has 0 aromatic heterocycles. The predicted octanol–water partition coefficient (Wildman–Crippen LogP) is 3.42. The van der Waals surface area contributed by atoms with Crippen LogP contribution in [0.1, 0.15) is 65.2 Å². The van der Waals surface area contributed by atoms with Gasteiger partial charge in [-0.05, 0) is 61.7 Å². The van der Waals surface area contributed by atoms with Gasteiger partial charge in [0.2, 0.25) is 0 Å². The van der Waals surface area contributed by atoms with Crippen LogP contribution in [0.2, 0.25) is 0 Å². The topological polar surface area (TPSA) is 63.6 Å². The second-order valence-corrected chi connectivity index (χ2v) is 9.13. The highest BCUT2D eigenvalue weighted by atomic mass is 16.5. The van der Waals surface area contributed by atoms with Gasteiger partial charge >= 0.3 is 5.97 Å². The van der Waals surface area contributed by atoms with Crippen molar-refractivity contribution in [2.45, 2.75) is 71.3 Å². The second kappa shape index (κ2) is 5.94. The van der Waals surface area contributed by atoms with Gasteiger partial charge in [-0.1, -0.05) is 18.6 Å². The SMILES string of the molecule is CC(=O)OC[C@]12CCC(=O)CC1=CC[C@@H]1[C@H]2CC[C@]2(C)C(O)CC[C@@H]12. The average Bonchev–Trinajstić information content (AvgIpc) is 2.88. The normalized spacial score (nSPS) is 45.9. The minimum atomic E-state index is -0.232. The average molecular weight is 346 g/mol. The molecule has 0 aliphatic heterocycles. The van der Waals surface area contributed by atoms with Crippen LogP contribution >= 0.6 is 0 Å². The Morgan fingerprint density at radius 2 is 2.08 bits per heavy atom. The van der Waals surface area contributed by atoms with E-state index in [2.05, 4.69) is 13.0 Å². The molecule has 4 rings (SSSR count). The number of carbonyl (C=O) groups excluding carboxylic acids is 2. The molecule has 1 unspecified atom stereocenters. The number of allylic oxidation sites excluding steroid dienone is 1. The molecule has 0 aromatic carbocycles. The second-order valence-electron chi connectivity index (χ2n) is 9.13. The predicted molar refractivity (Wildman–Crippen MR) is 93.7 cm³/mol. The van der Waals surface area contributed by atoms with E-state index in [4.69, 9.17) is 4.74 Å². The zero-order valence-electron chi connectivity index (χ0n) is 15.4. The molecule has 1 N–H and O–H groups in total. The van der Waals surface area contributed by atoms with Crippen molar-refractivity contribution in [3.8, 4) is 0 Å². The van der Waals surface area contributed by atoms with Gasteiger partial charge in [0.15, 0.2) is 0 Å². The number of aliphatic hydroxyl groups is 1. The quantitative estimate of drug-likeness (QED) is 0.615. The standard InChI is InChI=1S/C21H30O4/c1-13(22)25-12-21-10-7-15(23)11-14(21)3-4-16-17-5-6-19(24)20(17,2)9-8-18(16)21/h3,16-19,24H,4-12H2,1-2H3/t16-,17-,18+,19?,20-,21+/m0/s1. The van der Waals surface area contributed by atoms with Crippen LogP contribution in [0.4, 0.5) is 0 Å². The van der Waals surface area contributed by atoms with E-state index in [1.807, 2.05) is 0 Å². The van der Waals surface area contributed by atoms with E-state index in [9.17, 15) is 14.7 Å². The summed E-state index contributed by atoms with van der Waals surface area (Å²) in [7, 11) is 0. The zero-order chi connectivity index (χ0) is 17.8. The monoisotopic (exact) mass is 346 g/mol. The van der Waals surface area contributed by atoms with Gasteiger partial charge in [0, 0.05) is 25.2 Å². The highest BCUT2D eigenvalue weighted by molar-refractivity contribution is 5.82. The van der Waals surface area contributed by atoms with Crippen molar-refractivity contribution in [3.05, 3.63) is 11.6 Å². The van der Waals surface area contributed by atoms with Gasteiger partial charge in [0.05, 0.1) is 6.10 Å². The molecule has 6 atom stereocenters. The number of ether oxygens (including phenoxy) is 1. The van der Waals surface area contributed by atoms with E-state index in [1.54, 1.807) is 0 Å². The minimum absolute atomic E-state index is 0.0413. The van der Waals surface area contributed by atoms with Gasteiger partial charge in [-0.15, -0.1) is 0 Å². The Hall–Kier alpha value is -1.16. The summed E-state index contributed by atoms with van der Waals surface area (Å²) < 4.78 is 5.54. The van der Waals surface area contributed by atoms with Gasteiger partial charge < -0.3 is 9.84 Å². The summed E-state index contributed by atoms with van der Waals surface area (Å²) in [5.74, 6) is 1.65. The fourth-order valence-corrected chi connectivity index (χ4v) is 6.75. The fraction of sp³-hybridized carbons (Fsp3) is 0.810. The third-order valence-corrected chi connectivity index (χ3v) is 8.14. The molecule has 25 heavy (non-hydrogen) atoms. The lowest BCUT2D eigenvalue weighted by Gasteiger charge is -2.57. The van der Waals surface area contributed by atoms with Gasteiger partial charge in [-0.25, -0.2) is 0 Å². The number of hydrogen-bond donors (Lipinski definition) is 1. The lowest BCUT2D eigenvalue weighted by Crippen LogP contribution is -2.53. The highest BCUT2D eigenvalue weighted by Gasteiger charge is 2.60. The molecule has 4 heteroatoms. The first-order valence-corrected chi connectivity index (χ1v) is 9.89. The van der Waals surface area contributed by atoms with Crippen molar-refractivity contribution in [2.24, 2.45) is 28.6 Å². The Balaban J connectivity index is 1.69. The number of Topliss-reactive ketones (excluding diaryl/α,β-unsaturated/α-hetero) is 1. The van der Waals surface area contributed by atoms with Crippen LogP contribution < -0.4 is 0 Å². The number of esters is 1. The van der Waals surface area contributed by atoms with E-state index in [1.165, 1.54) is 12.5 Å². The van der Waals surface area contributed by atoms with Crippen LogP contribution in [-0.4, -0.2) is 29.6 Å². The molecule has 0 amide bonds. The Labute approximate surface area is 150 Å². The Bertz CT molecular complexity index is 623. The maximum atomic E-state index is 12.1. The van der Waals surface area contributed by atoms with Gasteiger partial charge in [0.1, 0.15) is 12.4 Å². The summed E-state index contributed by atoms with van der Waals surface area (Å²) in [6.45, 7) is 4.17. The molecule has 4 aliphatic carbocycles. The molecular formula is C21H30O4. The summed E-state index contributed by atoms with van der Waals surface area (Å²) in [6, 6.07) is 0. The summed E-state index contributed by atoms with van der Waals surface area (Å²) in [6.07, 6.45) is 9.21. The molecule has 3 fully saturated rings. The Morgan fingerprint density at radius 3 is 2.84 bits per heavy atom. The third-order valence-electron chi connectivity index (χ3n) is 8.14. The molecule has 4 nitrogen and oxygen atoms in total. The van der Waals surface area contributed by atoms with Crippen molar-refractivity contribution in [3.63, 3.8) is 0 Å². The number of fused-ring (bicyclic) bond motifs is 5. The van der Waals surface area contributed by atoms with Gasteiger partial charge in [-0.2, -0.15) is 0 Å². The smallest absolute Gasteiger partial charge is 0.302 e. The van der Waals surface area contributed by atoms with E-state index in [0.717, 1.165) is 38.5 Å². The lowest BCUT2D eigenvalue weighted by atomic mass is 9.47. The number of carbonyl (C=O) groups is 2. The molecule has 0 radical (unpaired) electrons. The molecule has 0 aromatic rings. The molecule has 3 saturated carbocycles. The van der Waals surface area contributed by atoms with Crippen molar-refractivity contribution >= 4 is 11.8 Å². The Kier molecular flexibility index (Phi) is 4.10. The summed E-state index contributed by atoms with van der Waals surface area (Å²) in [4.78, 5) is 23.6. The molecular weight excluding hydrogens is 316 g/mol. The molecule has 138 valence electrons. The third kappa shape index (κ3) is 2.51. The first-order valence-electron chi connectivity index (χ1n) is 9.89. The summed E-state index contributed by atoms with van der Waals surface area (Å²) in [5.41, 5.74) is 1.13. The van der Waals surface area contributed by atoms with Crippen LogP contribution in [-0.2, 0) is 14.3 Å². The maximum Gasteiger partial charge on any atom is 0.302 e. The van der Waals surface area contributed by atoms with Crippen LogP contribution in [0.3, 0.4) is 0 Å². The molecule has 0 spiro atoms. The first-order chi connectivity index (χ1) is 11.9. The number of ketones is 1. The zero-order valence-corrected chi connectivity index (χ0v) is 15.4. The van der Waals surface area contributed by atoms with Crippen molar-refractivity contribution < 1.29 is 19.4 Å². The molecule has 0 saturated heterocycles. The van der Waals surface area contributed by atoms with E-state index < -0.39 is 0 Å². The molecule has 0 bridgehead atoms. The van der Waals surface area contributed by atoms with Crippen LogP contribution in [0.5, 0.6) is 0 Å². The fourth-order valence-electron chi connectivity index (χ4n) is 6.75. The number of rotatable bonds is 2. The van der Waals surface area contributed by atoms with E-state index >= 15 is 0 Å². The van der Waals surface area contributed by atoms with Crippen molar-refractivity contribution in [1.29, 1.82) is 0 Å². The lowest BCUT2D eigenvalue weighted by molar-refractivity contribution is -0.150. The van der Waals surface area contributed by atoms with Gasteiger partial charge in [0.25, 0.3) is 0 Å². The van der Waals surface area contributed by atoms with Crippen molar-refractivity contribution in [1.82, 2.24) is 0 Å². The Morgan fingerprint density at radius 1 is 1.28 bits per heavy atom. The number of hydrogen-bond acceptors (Lipinski definition) is 4. The van der Waals surface area contributed by atoms with Crippen LogP contribution in [0, 0.1) is 28.6 Å². The van der Waals surface area contributed by atoms with E-state index in [-0.39, 0.29) is 22.9 Å². The van der Waals surface area contributed by atoms with Gasteiger partial charge in [-0.3, -0.25) is 9.59 Å². The van der Waals surface area contributed by atoms with Crippen LogP contribution in [0.15, 0.2) is 11.6 Å². The number of aliphatic hydroxyl groups excluding tert-OH is 1. The highest BCUT2D eigenvalue weighted by Crippen LogP contribution is 2.64. The minimum Gasteiger partial charge on any atom is -0.465 e.